The van der Waals surface area contributed by atoms with Gasteiger partial charge in [-0.05, 0) is 17.7 Å². The van der Waals surface area contributed by atoms with Crippen LogP contribution >= 0.6 is 23.2 Å². The number of carboxylic acid groups (broad SMARTS) is 1. The first-order chi connectivity index (χ1) is 7.47. The van der Waals surface area contributed by atoms with Crippen molar-refractivity contribution < 1.29 is 15.0 Å². The minimum absolute atomic E-state index is 0.0280. The fourth-order valence-electron chi connectivity index (χ4n) is 0.805. The van der Waals surface area contributed by atoms with Gasteiger partial charge >= 0.3 is 0 Å². The van der Waals surface area contributed by atoms with Gasteiger partial charge in [-0.1, -0.05) is 41.4 Å². The number of halogens is 2. The van der Waals surface area contributed by atoms with Crippen LogP contribution < -0.4 is 0 Å². The average molecular weight is 263 g/mol. The van der Waals surface area contributed by atoms with E-state index in [0.717, 1.165) is 12.5 Å². The van der Waals surface area contributed by atoms with Gasteiger partial charge in [0.25, 0.3) is 5.97 Å². The highest BCUT2D eigenvalue weighted by Gasteiger charge is 1.95. The van der Waals surface area contributed by atoms with E-state index in [2.05, 4.69) is 0 Å². The molecule has 0 unspecified atom stereocenters. The maximum absolute atomic E-state index is 9.00. The second kappa shape index (κ2) is 8.16. The minimum Gasteiger partial charge on any atom is -0.481 e. The fourth-order valence-corrected chi connectivity index (χ4v) is 1.11. The molecule has 1 rings (SSSR count). The van der Waals surface area contributed by atoms with Crippen molar-refractivity contribution in [3.63, 3.8) is 0 Å². The molecule has 0 spiro atoms. The monoisotopic (exact) mass is 262 g/mol. The molecule has 0 atom stereocenters. The number of carboxylic acids is 1. The van der Waals surface area contributed by atoms with Crippen molar-refractivity contribution in [3.05, 3.63) is 39.9 Å². The Balaban J connectivity index is 0.000000487. The van der Waals surface area contributed by atoms with Crippen LogP contribution in [0.4, 0.5) is 0 Å². The lowest BCUT2D eigenvalue weighted by Crippen LogP contribution is -1.78. The van der Waals surface area contributed by atoms with Crippen molar-refractivity contribution >= 4 is 35.2 Å². The predicted molar refractivity (Wildman–Crippen MR) is 65.9 cm³/mol. The summed E-state index contributed by atoms with van der Waals surface area (Å²) in [7, 11) is 0. The van der Waals surface area contributed by atoms with Crippen molar-refractivity contribution in [1.82, 2.24) is 0 Å². The summed E-state index contributed by atoms with van der Waals surface area (Å²) in [6, 6.07) is 5.30. The van der Waals surface area contributed by atoms with Crippen LogP contribution in [0.5, 0.6) is 0 Å². The van der Waals surface area contributed by atoms with Gasteiger partial charge in [-0.3, -0.25) is 4.79 Å². The molecular weight excluding hydrogens is 251 g/mol. The molecule has 0 aromatic heterocycles. The maximum atomic E-state index is 9.00. The molecular formula is C11H12Cl2O3. The molecule has 0 amide bonds. The van der Waals surface area contributed by atoms with E-state index in [1.165, 1.54) is 0 Å². The summed E-state index contributed by atoms with van der Waals surface area (Å²) >= 11 is 11.5. The molecule has 0 bridgehead atoms. The van der Waals surface area contributed by atoms with Crippen molar-refractivity contribution in [2.45, 2.75) is 6.92 Å². The molecule has 5 heteroatoms. The standard InChI is InChI=1S/C9H8Cl2O.C2H4O2/c10-8-4-3-7(2-1-5-12)6-9(8)11;1-2(3)4/h1-4,6,12H,5H2;1H3,(H,3,4). The zero-order chi connectivity index (χ0) is 12.6. The van der Waals surface area contributed by atoms with Gasteiger partial charge in [0.15, 0.2) is 0 Å². The van der Waals surface area contributed by atoms with Crippen LogP contribution in [0.3, 0.4) is 0 Å². The number of benzene rings is 1. The van der Waals surface area contributed by atoms with E-state index in [-0.39, 0.29) is 6.61 Å². The van der Waals surface area contributed by atoms with Crippen LogP contribution in [0.15, 0.2) is 24.3 Å². The van der Waals surface area contributed by atoms with Crippen LogP contribution in [-0.4, -0.2) is 22.8 Å². The van der Waals surface area contributed by atoms with Gasteiger partial charge in [0.1, 0.15) is 0 Å². The molecule has 1 aromatic carbocycles. The smallest absolute Gasteiger partial charge is 0.300 e. The van der Waals surface area contributed by atoms with Gasteiger partial charge < -0.3 is 10.2 Å². The lowest BCUT2D eigenvalue weighted by atomic mass is 10.2. The van der Waals surface area contributed by atoms with Crippen LogP contribution in [0.25, 0.3) is 6.08 Å². The highest BCUT2D eigenvalue weighted by molar-refractivity contribution is 6.42. The summed E-state index contributed by atoms with van der Waals surface area (Å²) < 4.78 is 0. The zero-order valence-corrected chi connectivity index (χ0v) is 10.2. The Morgan fingerprint density at radius 1 is 1.38 bits per heavy atom. The van der Waals surface area contributed by atoms with E-state index in [0.29, 0.717) is 10.0 Å². The molecule has 0 aliphatic heterocycles. The summed E-state index contributed by atoms with van der Waals surface area (Å²) in [4.78, 5) is 9.00. The first kappa shape index (κ1) is 15.0. The Morgan fingerprint density at radius 2 is 1.94 bits per heavy atom. The van der Waals surface area contributed by atoms with Gasteiger partial charge in [-0.25, -0.2) is 0 Å². The lowest BCUT2D eigenvalue weighted by Gasteiger charge is -1.96. The molecule has 0 saturated heterocycles. The number of hydrogen-bond donors (Lipinski definition) is 2. The van der Waals surface area contributed by atoms with Crippen molar-refractivity contribution in [2.75, 3.05) is 6.61 Å². The number of hydrogen-bond acceptors (Lipinski definition) is 2. The maximum Gasteiger partial charge on any atom is 0.300 e. The summed E-state index contributed by atoms with van der Waals surface area (Å²) in [5.74, 6) is -0.833. The highest BCUT2D eigenvalue weighted by Crippen LogP contribution is 2.22. The van der Waals surface area contributed by atoms with Gasteiger partial charge in [-0.15, -0.1) is 0 Å². The number of aliphatic hydroxyl groups is 1. The van der Waals surface area contributed by atoms with Crippen LogP contribution in [0.1, 0.15) is 12.5 Å². The third kappa shape index (κ3) is 7.29. The van der Waals surface area contributed by atoms with E-state index < -0.39 is 5.97 Å². The largest absolute Gasteiger partial charge is 0.481 e. The molecule has 16 heavy (non-hydrogen) atoms. The quantitative estimate of drug-likeness (QED) is 0.861. The predicted octanol–water partition coefficient (Wildman–Crippen LogP) is 3.09. The number of carbonyl (C=O) groups is 1. The SMILES string of the molecule is CC(=O)O.OCC=Cc1ccc(Cl)c(Cl)c1. The average Bonchev–Trinajstić information content (AvgIpc) is 2.19. The second-order valence-electron chi connectivity index (χ2n) is 2.78. The van der Waals surface area contributed by atoms with Crippen LogP contribution in [0.2, 0.25) is 10.0 Å². The molecule has 88 valence electrons. The topological polar surface area (TPSA) is 57.5 Å². The summed E-state index contributed by atoms with van der Waals surface area (Å²) in [5, 5.41) is 17.0. The van der Waals surface area contributed by atoms with Gasteiger partial charge in [0.2, 0.25) is 0 Å². The fraction of sp³-hybridized carbons (Fsp3) is 0.182. The van der Waals surface area contributed by atoms with E-state index in [1.54, 1.807) is 24.3 Å². The highest BCUT2D eigenvalue weighted by atomic mass is 35.5. The van der Waals surface area contributed by atoms with Crippen molar-refractivity contribution in [1.29, 1.82) is 0 Å². The first-order valence-corrected chi connectivity index (χ1v) is 5.15. The third-order valence-corrected chi connectivity index (χ3v) is 2.10. The Morgan fingerprint density at radius 3 is 2.38 bits per heavy atom. The van der Waals surface area contributed by atoms with Gasteiger partial charge in [-0.2, -0.15) is 0 Å². The summed E-state index contributed by atoms with van der Waals surface area (Å²) in [5.41, 5.74) is 0.929. The molecule has 2 N–H and O–H groups in total. The third-order valence-electron chi connectivity index (χ3n) is 1.36. The first-order valence-electron chi connectivity index (χ1n) is 4.39. The van der Waals surface area contributed by atoms with E-state index in [1.807, 2.05) is 6.07 Å². The Bertz CT molecular complexity index is 371. The molecule has 0 heterocycles. The molecule has 0 aliphatic carbocycles. The Kier molecular flexibility index (Phi) is 7.64. The zero-order valence-electron chi connectivity index (χ0n) is 8.65. The van der Waals surface area contributed by atoms with Crippen LogP contribution in [0, 0.1) is 0 Å². The van der Waals surface area contributed by atoms with E-state index in [4.69, 9.17) is 38.2 Å². The summed E-state index contributed by atoms with van der Waals surface area (Å²) in [6.45, 7) is 1.11. The lowest BCUT2D eigenvalue weighted by molar-refractivity contribution is -0.134. The number of aliphatic hydroxyl groups excluding tert-OH is 1. The van der Waals surface area contributed by atoms with Crippen molar-refractivity contribution in [3.8, 4) is 0 Å². The molecule has 0 radical (unpaired) electrons. The molecule has 0 fully saturated rings. The van der Waals surface area contributed by atoms with Gasteiger partial charge in [0, 0.05) is 6.92 Å². The molecule has 3 nitrogen and oxygen atoms in total. The molecule has 0 aliphatic rings. The minimum atomic E-state index is -0.833. The normalized spacial score (nSPS) is 9.75. The van der Waals surface area contributed by atoms with E-state index >= 15 is 0 Å². The second-order valence-corrected chi connectivity index (χ2v) is 3.59. The van der Waals surface area contributed by atoms with E-state index in [9.17, 15) is 0 Å². The number of aliphatic carboxylic acids is 1. The Hall–Kier alpha value is -1.03. The Labute approximate surface area is 104 Å². The van der Waals surface area contributed by atoms with Gasteiger partial charge in [0.05, 0.1) is 16.7 Å². The molecule has 0 saturated carbocycles. The molecule has 1 aromatic rings. The summed E-state index contributed by atoms with van der Waals surface area (Å²) in [6.07, 6.45) is 3.42. The van der Waals surface area contributed by atoms with Crippen LogP contribution in [-0.2, 0) is 4.79 Å². The number of rotatable bonds is 2. The van der Waals surface area contributed by atoms with Crippen molar-refractivity contribution in [2.24, 2.45) is 0 Å².